The zero-order valence-electron chi connectivity index (χ0n) is 17.7. The lowest BCUT2D eigenvalue weighted by molar-refractivity contribution is -0.119. The fourth-order valence-electron chi connectivity index (χ4n) is 3.87. The number of fused-ring (bicyclic) bond motifs is 1. The summed E-state index contributed by atoms with van der Waals surface area (Å²) in [6, 6.07) is 7.44. The number of hydrogen-bond donors (Lipinski definition) is 0. The molecule has 0 fully saturated rings. The SMILES string of the molecule is C=CCN(CC=C)C(=C)CN1C(=O)CC(CCCCC)CC(=O)c2ccccc21. The second-order valence-corrected chi connectivity index (χ2v) is 7.74. The molecule has 0 spiro atoms. The molecule has 0 aromatic heterocycles. The number of rotatable bonds is 11. The van der Waals surface area contributed by atoms with Crippen molar-refractivity contribution in [2.24, 2.45) is 5.92 Å². The molecule has 1 amide bonds. The fourth-order valence-corrected chi connectivity index (χ4v) is 3.87. The predicted octanol–water partition coefficient (Wildman–Crippen LogP) is 5.38. The smallest absolute Gasteiger partial charge is 0.227 e. The minimum Gasteiger partial charge on any atom is -0.366 e. The van der Waals surface area contributed by atoms with Crippen LogP contribution in [0.1, 0.15) is 55.8 Å². The summed E-state index contributed by atoms with van der Waals surface area (Å²) in [5.74, 6) is 0.284. The number of unbranched alkanes of at least 4 members (excludes halogenated alkanes) is 2. The highest BCUT2D eigenvalue weighted by molar-refractivity contribution is 6.07. The number of carbonyl (C=O) groups excluding carboxylic acids is 2. The molecule has 1 atom stereocenters. The third-order valence-electron chi connectivity index (χ3n) is 5.44. The molecule has 1 aromatic rings. The van der Waals surface area contributed by atoms with Gasteiger partial charge >= 0.3 is 0 Å². The Morgan fingerprint density at radius 2 is 1.83 bits per heavy atom. The highest BCUT2D eigenvalue weighted by Gasteiger charge is 2.30. The summed E-state index contributed by atoms with van der Waals surface area (Å²) in [5, 5.41) is 0. The van der Waals surface area contributed by atoms with Crippen LogP contribution in [0.4, 0.5) is 5.69 Å². The van der Waals surface area contributed by atoms with Crippen LogP contribution in [0.15, 0.2) is 61.9 Å². The summed E-state index contributed by atoms with van der Waals surface area (Å²) >= 11 is 0. The van der Waals surface area contributed by atoms with Crippen LogP contribution in [0.25, 0.3) is 0 Å². The molecule has 0 radical (unpaired) electrons. The Labute approximate surface area is 175 Å². The van der Waals surface area contributed by atoms with E-state index in [1.165, 1.54) is 0 Å². The highest BCUT2D eigenvalue weighted by Crippen LogP contribution is 2.31. The van der Waals surface area contributed by atoms with E-state index in [1.54, 1.807) is 4.90 Å². The molecule has 4 heteroatoms. The zero-order valence-corrected chi connectivity index (χ0v) is 17.7. The first-order valence-corrected chi connectivity index (χ1v) is 10.6. The molecule has 1 aliphatic heterocycles. The van der Waals surface area contributed by atoms with Gasteiger partial charge in [-0.15, -0.1) is 13.2 Å². The van der Waals surface area contributed by atoms with Gasteiger partial charge in [-0.05, 0) is 24.5 Å². The molecule has 2 rings (SSSR count). The quantitative estimate of drug-likeness (QED) is 0.374. The summed E-state index contributed by atoms with van der Waals surface area (Å²) < 4.78 is 0. The van der Waals surface area contributed by atoms with E-state index in [1.807, 2.05) is 41.3 Å². The Morgan fingerprint density at radius 3 is 2.48 bits per heavy atom. The Hall–Kier alpha value is -2.62. The molecule has 0 saturated carbocycles. The molecule has 0 bridgehead atoms. The summed E-state index contributed by atoms with van der Waals surface area (Å²) in [5.41, 5.74) is 2.13. The Morgan fingerprint density at radius 1 is 1.14 bits per heavy atom. The molecule has 1 unspecified atom stereocenters. The van der Waals surface area contributed by atoms with Crippen LogP contribution in [-0.4, -0.2) is 36.2 Å². The summed E-state index contributed by atoms with van der Waals surface area (Å²) in [6.45, 7) is 15.6. The van der Waals surface area contributed by atoms with Crippen molar-refractivity contribution in [3.63, 3.8) is 0 Å². The van der Waals surface area contributed by atoms with Crippen LogP contribution >= 0.6 is 0 Å². The maximum atomic E-state index is 13.3. The third kappa shape index (κ3) is 6.18. The maximum absolute atomic E-state index is 13.3. The highest BCUT2D eigenvalue weighted by atomic mass is 16.2. The van der Waals surface area contributed by atoms with E-state index in [2.05, 4.69) is 26.7 Å². The van der Waals surface area contributed by atoms with Gasteiger partial charge < -0.3 is 9.80 Å². The molecule has 1 heterocycles. The number of hydrogen-bond acceptors (Lipinski definition) is 3. The van der Waals surface area contributed by atoms with E-state index in [9.17, 15) is 9.59 Å². The van der Waals surface area contributed by atoms with E-state index in [-0.39, 0.29) is 17.6 Å². The van der Waals surface area contributed by atoms with Crippen LogP contribution in [0.5, 0.6) is 0 Å². The van der Waals surface area contributed by atoms with Crippen molar-refractivity contribution in [1.29, 1.82) is 0 Å². The lowest BCUT2D eigenvalue weighted by Gasteiger charge is -2.33. The van der Waals surface area contributed by atoms with Crippen molar-refractivity contribution < 1.29 is 9.59 Å². The van der Waals surface area contributed by atoms with Gasteiger partial charge in [-0.3, -0.25) is 9.59 Å². The number of benzene rings is 1. The molecule has 0 aliphatic carbocycles. The van der Waals surface area contributed by atoms with Gasteiger partial charge in [0.15, 0.2) is 5.78 Å². The molecule has 1 aromatic carbocycles. The number of para-hydroxylation sites is 1. The summed E-state index contributed by atoms with van der Waals surface area (Å²) in [7, 11) is 0. The van der Waals surface area contributed by atoms with Gasteiger partial charge in [-0.1, -0.05) is 57.0 Å². The van der Waals surface area contributed by atoms with E-state index in [0.717, 1.165) is 31.4 Å². The van der Waals surface area contributed by atoms with Crippen molar-refractivity contribution in [2.75, 3.05) is 24.5 Å². The first-order valence-electron chi connectivity index (χ1n) is 10.6. The first-order chi connectivity index (χ1) is 14.0. The van der Waals surface area contributed by atoms with E-state index >= 15 is 0 Å². The number of Topliss-reactive ketones (excluding diaryl/α,β-unsaturated/α-hetero) is 1. The summed E-state index contributed by atoms with van der Waals surface area (Å²) in [4.78, 5) is 30.0. The van der Waals surface area contributed by atoms with Gasteiger partial charge in [0.1, 0.15) is 0 Å². The molecular weight excluding hydrogens is 360 g/mol. The van der Waals surface area contributed by atoms with Crippen molar-refractivity contribution in [3.8, 4) is 0 Å². The van der Waals surface area contributed by atoms with Crippen LogP contribution in [-0.2, 0) is 4.79 Å². The number of carbonyl (C=O) groups is 2. The molecule has 0 saturated heterocycles. The van der Waals surface area contributed by atoms with Crippen molar-refractivity contribution in [1.82, 2.24) is 4.90 Å². The average molecular weight is 395 g/mol. The van der Waals surface area contributed by atoms with Crippen molar-refractivity contribution >= 4 is 17.4 Å². The molecule has 0 N–H and O–H groups in total. The van der Waals surface area contributed by atoms with E-state index in [4.69, 9.17) is 0 Å². The summed E-state index contributed by atoms with van der Waals surface area (Å²) in [6.07, 6.45) is 8.71. The van der Waals surface area contributed by atoms with Gasteiger partial charge in [0.25, 0.3) is 0 Å². The molecule has 1 aliphatic rings. The normalized spacial score (nSPS) is 16.6. The predicted molar refractivity (Wildman–Crippen MR) is 121 cm³/mol. The van der Waals surface area contributed by atoms with Crippen LogP contribution < -0.4 is 4.90 Å². The topological polar surface area (TPSA) is 40.6 Å². The zero-order chi connectivity index (χ0) is 21.2. The monoisotopic (exact) mass is 394 g/mol. The standard InChI is InChI=1S/C25H34N2O2/c1-5-8-9-12-21-17-24(28)22-13-10-11-14-23(22)27(25(29)18-21)19-20(4)26(15-6-2)16-7-3/h6-7,10-11,13-14,21H,2-5,8-9,12,15-19H2,1H3. The van der Waals surface area contributed by atoms with Crippen molar-refractivity contribution in [2.45, 2.75) is 45.4 Å². The second kappa shape index (κ2) is 11.4. The van der Waals surface area contributed by atoms with Crippen LogP contribution in [0, 0.1) is 5.92 Å². The average Bonchev–Trinajstić information content (AvgIpc) is 2.71. The molecular formula is C25H34N2O2. The number of ketones is 1. The first kappa shape index (κ1) is 22.7. The number of nitrogens with zero attached hydrogens (tertiary/aromatic N) is 2. The lowest BCUT2D eigenvalue weighted by Crippen LogP contribution is -2.40. The van der Waals surface area contributed by atoms with Crippen LogP contribution in [0.2, 0.25) is 0 Å². The Kier molecular flexibility index (Phi) is 8.91. The minimum absolute atomic E-state index is 0.0600. The van der Waals surface area contributed by atoms with Gasteiger partial charge in [-0.2, -0.15) is 0 Å². The second-order valence-electron chi connectivity index (χ2n) is 7.74. The van der Waals surface area contributed by atoms with E-state index in [0.29, 0.717) is 43.7 Å². The lowest BCUT2D eigenvalue weighted by atomic mass is 9.87. The van der Waals surface area contributed by atoms with Gasteiger partial charge in [0, 0.05) is 37.2 Å². The molecule has 4 nitrogen and oxygen atoms in total. The minimum atomic E-state index is 0.0600. The van der Waals surface area contributed by atoms with E-state index < -0.39 is 0 Å². The van der Waals surface area contributed by atoms with Crippen LogP contribution in [0.3, 0.4) is 0 Å². The third-order valence-corrected chi connectivity index (χ3v) is 5.44. The Balaban J connectivity index is 2.30. The van der Waals surface area contributed by atoms with Gasteiger partial charge in [0.05, 0.1) is 12.2 Å². The number of amides is 1. The van der Waals surface area contributed by atoms with Crippen molar-refractivity contribution in [3.05, 3.63) is 67.4 Å². The maximum Gasteiger partial charge on any atom is 0.227 e. The van der Waals surface area contributed by atoms with Gasteiger partial charge in [-0.25, -0.2) is 0 Å². The number of anilines is 1. The fraction of sp³-hybridized carbons (Fsp3) is 0.440. The Bertz CT molecular complexity index is 743. The molecule has 29 heavy (non-hydrogen) atoms. The van der Waals surface area contributed by atoms with Gasteiger partial charge in [0.2, 0.25) is 5.91 Å². The largest absolute Gasteiger partial charge is 0.366 e. The molecule has 156 valence electrons.